The summed E-state index contributed by atoms with van der Waals surface area (Å²) < 4.78 is 0. The van der Waals surface area contributed by atoms with E-state index in [2.05, 4.69) is 27.8 Å². The molecule has 1 fully saturated rings. The van der Waals surface area contributed by atoms with Gasteiger partial charge in [-0.25, -0.2) is 0 Å². The highest BCUT2D eigenvalue weighted by atomic mass is 79.9. The van der Waals surface area contributed by atoms with E-state index in [4.69, 9.17) is 5.11 Å². The predicted molar refractivity (Wildman–Crippen MR) is 73.1 cm³/mol. The molecule has 1 aliphatic carbocycles. The summed E-state index contributed by atoms with van der Waals surface area (Å²) in [5, 5.41) is 10.2. The SMILES string of the molecule is CC(CCBr)CCN(CCO)C1CCCC1. The molecular weight excluding hydrogens is 266 g/mol. The van der Waals surface area contributed by atoms with Crippen LogP contribution in [0.2, 0.25) is 0 Å². The van der Waals surface area contributed by atoms with Gasteiger partial charge in [-0.1, -0.05) is 35.7 Å². The summed E-state index contributed by atoms with van der Waals surface area (Å²) in [7, 11) is 0. The van der Waals surface area contributed by atoms with E-state index < -0.39 is 0 Å². The van der Waals surface area contributed by atoms with E-state index in [0.29, 0.717) is 6.61 Å². The number of halogens is 1. The molecule has 1 aliphatic rings. The lowest BCUT2D eigenvalue weighted by Gasteiger charge is -2.29. The molecule has 0 aliphatic heterocycles. The van der Waals surface area contributed by atoms with Crippen molar-refractivity contribution < 1.29 is 5.11 Å². The van der Waals surface area contributed by atoms with Crippen LogP contribution < -0.4 is 0 Å². The minimum Gasteiger partial charge on any atom is -0.395 e. The molecule has 1 N–H and O–H groups in total. The summed E-state index contributed by atoms with van der Waals surface area (Å²) in [6.45, 7) is 4.67. The first-order chi connectivity index (χ1) is 7.77. The third-order valence-electron chi connectivity index (χ3n) is 3.74. The lowest BCUT2D eigenvalue weighted by atomic mass is 10.0. The lowest BCUT2D eigenvalue weighted by molar-refractivity contribution is 0.144. The molecule has 0 bridgehead atoms. The first kappa shape index (κ1) is 14.5. The van der Waals surface area contributed by atoms with Crippen molar-refractivity contribution in [2.75, 3.05) is 25.0 Å². The summed E-state index contributed by atoms with van der Waals surface area (Å²) in [4.78, 5) is 2.51. The van der Waals surface area contributed by atoms with Crippen molar-refractivity contribution in [2.24, 2.45) is 5.92 Å². The van der Waals surface area contributed by atoms with E-state index in [1.807, 2.05) is 0 Å². The minimum absolute atomic E-state index is 0.309. The molecule has 16 heavy (non-hydrogen) atoms. The molecule has 1 saturated carbocycles. The highest BCUT2D eigenvalue weighted by Crippen LogP contribution is 2.24. The lowest BCUT2D eigenvalue weighted by Crippen LogP contribution is -2.37. The van der Waals surface area contributed by atoms with E-state index in [1.165, 1.54) is 45.1 Å². The number of hydrogen-bond acceptors (Lipinski definition) is 2. The molecule has 0 heterocycles. The van der Waals surface area contributed by atoms with Gasteiger partial charge in [-0.05, 0) is 38.1 Å². The van der Waals surface area contributed by atoms with Crippen molar-refractivity contribution in [1.29, 1.82) is 0 Å². The molecule has 0 aromatic carbocycles. The summed E-state index contributed by atoms with van der Waals surface area (Å²) in [5.74, 6) is 0.793. The molecule has 2 nitrogen and oxygen atoms in total. The molecule has 0 aromatic rings. The van der Waals surface area contributed by atoms with Crippen LogP contribution in [0.3, 0.4) is 0 Å². The van der Waals surface area contributed by atoms with E-state index in [0.717, 1.165) is 23.8 Å². The van der Waals surface area contributed by atoms with Gasteiger partial charge < -0.3 is 5.11 Å². The highest BCUT2D eigenvalue weighted by Gasteiger charge is 2.22. The first-order valence-electron chi connectivity index (χ1n) is 6.68. The Hall–Kier alpha value is 0.400. The molecule has 96 valence electrons. The smallest absolute Gasteiger partial charge is 0.0558 e. The Bertz CT molecular complexity index is 171. The standard InChI is InChI=1S/C13H26BrNO/c1-12(6-8-14)7-9-15(10-11-16)13-4-2-3-5-13/h12-13,16H,2-11H2,1H3. The van der Waals surface area contributed by atoms with E-state index >= 15 is 0 Å². The normalized spacial score (nSPS) is 19.5. The molecule has 1 rings (SSSR count). The second-order valence-electron chi connectivity index (χ2n) is 5.07. The maximum absolute atomic E-state index is 9.12. The zero-order valence-electron chi connectivity index (χ0n) is 10.5. The van der Waals surface area contributed by atoms with Crippen LogP contribution in [0.5, 0.6) is 0 Å². The summed E-state index contributed by atoms with van der Waals surface area (Å²) >= 11 is 3.50. The Morgan fingerprint density at radius 2 is 1.94 bits per heavy atom. The summed E-state index contributed by atoms with van der Waals surface area (Å²) in [6.07, 6.45) is 7.96. The first-order valence-corrected chi connectivity index (χ1v) is 7.81. The summed E-state index contributed by atoms with van der Waals surface area (Å²) in [5.41, 5.74) is 0. The van der Waals surface area contributed by atoms with Gasteiger partial charge in [0.25, 0.3) is 0 Å². The molecule has 0 aromatic heterocycles. The zero-order valence-corrected chi connectivity index (χ0v) is 12.1. The number of hydrogen-bond donors (Lipinski definition) is 1. The number of aliphatic hydroxyl groups is 1. The number of rotatable bonds is 8. The van der Waals surface area contributed by atoms with E-state index in [1.54, 1.807) is 0 Å². The van der Waals surface area contributed by atoms with Crippen molar-refractivity contribution in [3.05, 3.63) is 0 Å². The Balaban J connectivity index is 2.26. The van der Waals surface area contributed by atoms with Crippen LogP contribution in [0.1, 0.15) is 45.4 Å². The number of nitrogens with zero attached hydrogens (tertiary/aromatic N) is 1. The fraction of sp³-hybridized carbons (Fsp3) is 1.00. The topological polar surface area (TPSA) is 23.5 Å². The number of aliphatic hydroxyl groups excluding tert-OH is 1. The average Bonchev–Trinajstić information content (AvgIpc) is 2.78. The predicted octanol–water partition coefficient (Wildman–Crippen LogP) is 3.03. The Labute approximate surface area is 109 Å². The Morgan fingerprint density at radius 1 is 1.25 bits per heavy atom. The Morgan fingerprint density at radius 3 is 2.50 bits per heavy atom. The maximum atomic E-state index is 9.12. The van der Waals surface area contributed by atoms with Crippen molar-refractivity contribution in [1.82, 2.24) is 4.90 Å². The molecule has 0 radical (unpaired) electrons. The van der Waals surface area contributed by atoms with Gasteiger partial charge in [0.15, 0.2) is 0 Å². The van der Waals surface area contributed by atoms with Gasteiger partial charge >= 0.3 is 0 Å². The van der Waals surface area contributed by atoms with Crippen molar-refractivity contribution in [3.63, 3.8) is 0 Å². The molecule has 0 amide bonds. The Kier molecular flexibility index (Phi) is 7.67. The van der Waals surface area contributed by atoms with Gasteiger partial charge in [0, 0.05) is 17.9 Å². The second kappa shape index (κ2) is 8.48. The third-order valence-corrected chi connectivity index (χ3v) is 4.20. The fourth-order valence-corrected chi connectivity index (χ4v) is 3.37. The van der Waals surface area contributed by atoms with Gasteiger partial charge in [0.1, 0.15) is 0 Å². The van der Waals surface area contributed by atoms with Crippen molar-refractivity contribution >= 4 is 15.9 Å². The van der Waals surface area contributed by atoms with Crippen LogP contribution in [0.25, 0.3) is 0 Å². The fourth-order valence-electron chi connectivity index (χ4n) is 2.59. The summed E-state index contributed by atoms with van der Waals surface area (Å²) in [6, 6.07) is 0.753. The molecular formula is C13H26BrNO. The van der Waals surface area contributed by atoms with Gasteiger partial charge in [-0.3, -0.25) is 4.90 Å². The van der Waals surface area contributed by atoms with Gasteiger partial charge in [-0.2, -0.15) is 0 Å². The molecule has 0 spiro atoms. The monoisotopic (exact) mass is 291 g/mol. The van der Waals surface area contributed by atoms with Crippen molar-refractivity contribution in [3.8, 4) is 0 Å². The van der Waals surface area contributed by atoms with Crippen LogP contribution in [0.15, 0.2) is 0 Å². The van der Waals surface area contributed by atoms with Gasteiger partial charge in [-0.15, -0.1) is 0 Å². The average molecular weight is 292 g/mol. The highest BCUT2D eigenvalue weighted by molar-refractivity contribution is 9.09. The van der Waals surface area contributed by atoms with Crippen molar-refractivity contribution in [2.45, 2.75) is 51.5 Å². The molecule has 0 saturated heterocycles. The molecule has 3 heteroatoms. The minimum atomic E-state index is 0.309. The molecule has 1 unspecified atom stereocenters. The van der Waals surface area contributed by atoms with Crippen LogP contribution in [0, 0.1) is 5.92 Å². The maximum Gasteiger partial charge on any atom is 0.0558 e. The largest absolute Gasteiger partial charge is 0.395 e. The van der Waals surface area contributed by atoms with Crippen LogP contribution >= 0.6 is 15.9 Å². The van der Waals surface area contributed by atoms with Gasteiger partial charge in [0.05, 0.1) is 6.61 Å². The second-order valence-corrected chi connectivity index (χ2v) is 5.86. The quantitative estimate of drug-likeness (QED) is 0.695. The van der Waals surface area contributed by atoms with Crippen LogP contribution in [-0.4, -0.2) is 41.1 Å². The number of alkyl halides is 1. The molecule has 1 atom stereocenters. The van der Waals surface area contributed by atoms with Crippen LogP contribution in [0.4, 0.5) is 0 Å². The van der Waals surface area contributed by atoms with Crippen LogP contribution in [-0.2, 0) is 0 Å². The third kappa shape index (κ3) is 5.15. The van der Waals surface area contributed by atoms with E-state index in [9.17, 15) is 0 Å². The zero-order chi connectivity index (χ0) is 11.8. The van der Waals surface area contributed by atoms with Gasteiger partial charge in [0.2, 0.25) is 0 Å². The van der Waals surface area contributed by atoms with E-state index in [-0.39, 0.29) is 0 Å².